The lowest BCUT2D eigenvalue weighted by atomic mass is 10.0. The average molecular weight is 272 g/mol. The summed E-state index contributed by atoms with van der Waals surface area (Å²) in [5.41, 5.74) is 0.00918. The first kappa shape index (κ1) is 14.8. The molecule has 5 heteroatoms. The number of nitrogens with one attached hydrogen (secondary N) is 1. The molecule has 0 amide bonds. The number of carbonyl (C=O) groups is 1. The van der Waals surface area contributed by atoms with Crippen LogP contribution in [0.5, 0.6) is 11.5 Å². The fourth-order valence-electron chi connectivity index (χ4n) is 2.05. The average Bonchev–Trinajstić information content (AvgIpc) is 2.32. The Hall–Kier alpha value is -1.26. The van der Waals surface area contributed by atoms with Gasteiger partial charge in [0, 0.05) is 12.0 Å². The van der Waals surface area contributed by atoms with Crippen LogP contribution < -0.4 is 10.1 Å². The van der Waals surface area contributed by atoms with Gasteiger partial charge in [0.1, 0.15) is 6.29 Å². The van der Waals surface area contributed by atoms with Crippen molar-refractivity contribution in [1.82, 2.24) is 5.32 Å². The first-order chi connectivity index (χ1) is 8.13. The number of hydrogen-bond donors (Lipinski definition) is 2. The molecule has 1 aromatic carbocycles. The monoisotopic (exact) mass is 271 g/mol. The van der Waals surface area contributed by atoms with E-state index in [1.165, 1.54) is 6.07 Å². The van der Waals surface area contributed by atoms with E-state index in [2.05, 4.69) is 5.32 Å². The van der Waals surface area contributed by atoms with Gasteiger partial charge < -0.3 is 9.84 Å². The number of phenolic OH excluding ortho intramolecular Hbond substituents is 1. The lowest BCUT2D eigenvalue weighted by Gasteiger charge is -2.35. The molecule has 1 aliphatic heterocycles. The van der Waals surface area contributed by atoms with Crippen LogP contribution in [0.1, 0.15) is 36.5 Å². The van der Waals surface area contributed by atoms with Crippen molar-refractivity contribution in [3.05, 3.63) is 23.8 Å². The van der Waals surface area contributed by atoms with Crippen LogP contribution in [0.15, 0.2) is 18.2 Å². The van der Waals surface area contributed by atoms with Crippen molar-refractivity contribution in [2.75, 3.05) is 6.54 Å². The highest BCUT2D eigenvalue weighted by molar-refractivity contribution is 5.85. The van der Waals surface area contributed by atoms with E-state index in [0.29, 0.717) is 17.6 Å². The second-order valence-corrected chi connectivity index (χ2v) is 4.56. The summed E-state index contributed by atoms with van der Waals surface area (Å²) in [6.45, 7) is 2.89. The molecule has 0 spiro atoms. The second-order valence-electron chi connectivity index (χ2n) is 4.56. The van der Waals surface area contributed by atoms with Crippen molar-refractivity contribution in [2.24, 2.45) is 0 Å². The van der Waals surface area contributed by atoms with Crippen LogP contribution in [0.4, 0.5) is 0 Å². The Balaban J connectivity index is 0.00000162. The maximum Gasteiger partial charge on any atom is 0.163 e. The first-order valence-electron chi connectivity index (χ1n) is 5.85. The van der Waals surface area contributed by atoms with E-state index in [1.807, 2.05) is 6.92 Å². The predicted molar refractivity (Wildman–Crippen MR) is 71.6 cm³/mol. The first-order valence-corrected chi connectivity index (χ1v) is 5.85. The number of halogens is 1. The summed E-state index contributed by atoms with van der Waals surface area (Å²) in [7, 11) is 0. The zero-order chi connectivity index (χ0) is 12.3. The number of carbonyl (C=O) groups excluding carboxylic acids is 1. The van der Waals surface area contributed by atoms with Crippen LogP contribution in [0.2, 0.25) is 0 Å². The van der Waals surface area contributed by atoms with E-state index in [1.54, 1.807) is 12.1 Å². The Morgan fingerprint density at radius 3 is 2.78 bits per heavy atom. The minimum absolute atomic E-state index is 0. The molecule has 1 aliphatic rings. The van der Waals surface area contributed by atoms with Gasteiger partial charge in [-0.1, -0.05) is 0 Å². The fraction of sp³-hybridized carbons (Fsp3) is 0.462. The number of piperidine rings is 1. The van der Waals surface area contributed by atoms with Gasteiger partial charge in [0.05, 0.1) is 0 Å². The number of hydrogen-bond acceptors (Lipinski definition) is 4. The molecule has 0 aromatic heterocycles. The molecule has 0 aliphatic carbocycles. The van der Waals surface area contributed by atoms with Crippen molar-refractivity contribution < 1.29 is 14.6 Å². The van der Waals surface area contributed by atoms with E-state index in [4.69, 9.17) is 4.74 Å². The second kappa shape index (κ2) is 6.07. The summed E-state index contributed by atoms with van der Waals surface area (Å²) in [5.74, 6) is 0.413. The quantitative estimate of drug-likeness (QED) is 0.830. The molecule has 1 saturated heterocycles. The van der Waals surface area contributed by atoms with Crippen LogP contribution in [0, 0.1) is 0 Å². The van der Waals surface area contributed by atoms with Crippen molar-refractivity contribution >= 4 is 18.7 Å². The highest BCUT2D eigenvalue weighted by Gasteiger charge is 2.28. The van der Waals surface area contributed by atoms with E-state index in [-0.39, 0.29) is 18.2 Å². The summed E-state index contributed by atoms with van der Waals surface area (Å²) < 4.78 is 5.80. The van der Waals surface area contributed by atoms with Crippen LogP contribution >= 0.6 is 12.4 Å². The number of rotatable bonds is 3. The summed E-state index contributed by atoms with van der Waals surface area (Å²) in [6.07, 6.45) is 3.86. The Kier molecular flexibility index (Phi) is 4.99. The topological polar surface area (TPSA) is 58.6 Å². The molecule has 0 radical (unpaired) electrons. The van der Waals surface area contributed by atoms with Gasteiger partial charge in [-0.15, -0.1) is 12.4 Å². The van der Waals surface area contributed by atoms with Crippen LogP contribution in [0.25, 0.3) is 0 Å². The number of aromatic hydroxyl groups is 1. The predicted octanol–water partition coefficient (Wildman–Crippen LogP) is 2.50. The smallest absolute Gasteiger partial charge is 0.163 e. The Morgan fingerprint density at radius 2 is 2.22 bits per heavy atom. The summed E-state index contributed by atoms with van der Waals surface area (Å²) in [4.78, 5) is 10.6. The van der Waals surface area contributed by atoms with E-state index < -0.39 is 5.72 Å². The molecule has 1 fully saturated rings. The van der Waals surface area contributed by atoms with Gasteiger partial charge >= 0.3 is 0 Å². The summed E-state index contributed by atoms with van der Waals surface area (Å²) in [5, 5.41) is 13.1. The Bertz CT molecular complexity index is 417. The molecule has 4 nitrogen and oxygen atoms in total. The third-order valence-corrected chi connectivity index (χ3v) is 3.03. The van der Waals surface area contributed by atoms with Gasteiger partial charge in [0.2, 0.25) is 0 Å². The van der Waals surface area contributed by atoms with Gasteiger partial charge in [0.15, 0.2) is 17.2 Å². The lowest BCUT2D eigenvalue weighted by molar-refractivity contribution is 0.0232. The molecule has 2 N–H and O–H groups in total. The van der Waals surface area contributed by atoms with Gasteiger partial charge in [-0.05, 0) is 44.5 Å². The number of aldehydes is 1. The number of ether oxygens (including phenoxy) is 1. The zero-order valence-electron chi connectivity index (χ0n) is 10.3. The van der Waals surface area contributed by atoms with Crippen molar-refractivity contribution in [1.29, 1.82) is 0 Å². The van der Waals surface area contributed by atoms with E-state index in [0.717, 1.165) is 25.8 Å². The molecular weight excluding hydrogens is 254 g/mol. The fourth-order valence-corrected chi connectivity index (χ4v) is 2.05. The molecule has 18 heavy (non-hydrogen) atoms. The molecule has 0 bridgehead atoms. The third-order valence-electron chi connectivity index (χ3n) is 3.03. The van der Waals surface area contributed by atoms with Gasteiger partial charge in [-0.3, -0.25) is 10.1 Å². The third kappa shape index (κ3) is 3.37. The van der Waals surface area contributed by atoms with Crippen LogP contribution in [0.3, 0.4) is 0 Å². The molecule has 1 aromatic rings. The van der Waals surface area contributed by atoms with Crippen LogP contribution in [-0.4, -0.2) is 23.7 Å². The van der Waals surface area contributed by atoms with Gasteiger partial charge in [-0.25, -0.2) is 0 Å². The van der Waals surface area contributed by atoms with Crippen molar-refractivity contribution in [3.8, 4) is 11.5 Å². The number of phenols is 1. The van der Waals surface area contributed by atoms with E-state index >= 15 is 0 Å². The van der Waals surface area contributed by atoms with Crippen molar-refractivity contribution in [3.63, 3.8) is 0 Å². The molecule has 0 saturated carbocycles. The summed E-state index contributed by atoms with van der Waals surface area (Å²) in [6, 6.07) is 4.67. The minimum atomic E-state index is -0.432. The molecule has 0 unspecified atom stereocenters. The number of benzene rings is 1. The highest BCUT2D eigenvalue weighted by Crippen LogP contribution is 2.31. The molecular formula is C13H18ClNO3. The largest absolute Gasteiger partial charge is 0.504 e. The maximum absolute atomic E-state index is 10.6. The molecule has 2 rings (SSSR count). The van der Waals surface area contributed by atoms with E-state index in [9.17, 15) is 9.90 Å². The van der Waals surface area contributed by atoms with Crippen LogP contribution in [-0.2, 0) is 0 Å². The zero-order valence-corrected chi connectivity index (χ0v) is 11.1. The Labute approximate surface area is 113 Å². The normalized spacial score (nSPS) is 22.9. The maximum atomic E-state index is 10.6. The Morgan fingerprint density at radius 1 is 1.44 bits per heavy atom. The highest BCUT2D eigenvalue weighted by atomic mass is 35.5. The molecule has 1 atom stereocenters. The standard InChI is InChI=1S/C13H17NO3.ClH/c1-13(6-2-3-7-14-13)17-12-5-4-10(9-15)8-11(12)16;/h4-5,8-9,14,16H,2-3,6-7H2,1H3;1H/t13-;/m0./s1. The van der Waals surface area contributed by atoms with Gasteiger partial charge in [0.25, 0.3) is 0 Å². The van der Waals surface area contributed by atoms with Gasteiger partial charge in [-0.2, -0.15) is 0 Å². The minimum Gasteiger partial charge on any atom is -0.504 e. The molecule has 100 valence electrons. The molecule has 1 heterocycles. The lowest BCUT2D eigenvalue weighted by Crippen LogP contribution is -2.50. The van der Waals surface area contributed by atoms with Crippen molar-refractivity contribution in [2.45, 2.75) is 31.9 Å². The summed E-state index contributed by atoms with van der Waals surface area (Å²) >= 11 is 0. The SMILES string of the molecule is C[C@]1(Oc2ccc(C=O)cc2O)CCCCN1.Cl.